The van der Waals surface area contributed by atoms with Crippen molar-refractivity contribution in [1.29, 1.82) is 0 Å². The molecular weight excluding hydrogens is 174 g/mol. The van der Waals surface area contributed by atoms with Crippen LogP contribution in [0.15, 0.2) is 0 Å². The Bertz CT molecular complexity index is 275. The molecule has 78 valence electrons. The van der Waals surface area contributed by atoms with Crippen molar-refractivity contribution in [2.75, 3.05) is 6.54 Å². The van der Waals surface area contributed by atoms with Gasteiger partial charge in [0, 0.05) is 13.0 Å². The van der Waals surface area contributed by atoms with Crippen LogP contribution in [0, 0.1) is 23.2 Å². The van der Waals surface area contributed by atoms with Crippen LogP contribution in [-0.2, 0) is 4.79 Å². The van der Waals surface area contributed by atoms with Crippen LogP contribution in [0.4, 0.5) is 0 Å². The highest BCUT2D eigenvalue weighted by Crippen LogP contribution is 2.56. The van der Waals surface area contributed by atoms with E-state index in [0.717, 1.165) is 30.7 Å². The van der Waals surface area contributed by atoms with Crippen LogP contribution in [0.1, 0.15) is 39.0 Å². The number of carbonyl (C=O) groups excluding carboxylic acids is 1. The highest BCUT2D eigenvalue weighted by atomic mass is 16.1. The van der Waals surface area contributed by atoms with Crippen LogP contribution >= 0.6 is 0 Å². The van der Waals surface area contributed by atoms with Gasteiger partial charge in [0.15, 0.2) is 0 Å². The molecule has 2 heteroatoms. The summed E-state index contributed by atoms with van der Waals surface area (Å²) in [7, 11) is 0. The first kappa shape index (κ1) is 8.75. The van der Waals surface area contributed by atoms with Gasteiger partial charge in [-0.05, 0) is 42.4 Å². The Morgan fingerprint density at radius 1 is 1.36 bits per heavy atom. The first-order chi connectivity index (χ1) is 6.67. The first-order valence-corrected chi connectivity index (χ1v) is 5.94. The van der Waals surface area contributed by atoms with Crippen LogP contribution in [0.3, 0.4) is 0 Å². The first-order valence-electron chi connectivity index (χ1n) is 5.94. The molecule has 2 nitrogen and oxygen atoms in total. The van der Waals surface area contributed by atoms with Crippen LogP contribution in [0.25, 0.3) is 0 Å². The standard InChI is InChI=1S/C12H19NO/c1-12(6-11(14)13-7-12)10-5-8-2-3-9(10)4-8/h8-10H,2-7H2,1H3,(H,13,14). The molecule has 1 amide bonds. The van der Waals surface area contributed by atoms with Gasteiger partial charge >= 0.3 is 0 Å². The SMILES string of the molecule is CC1(C2CC3CCC2C3)CNC(=O)C1. The molecule has 0 spiro atoms. The molecule has 2 bridgehead atoms. The fourth-order valence-corrected chi connectivity index (χ4v) is 4.15. The summed E-state index contributed by atoms with van der Waals surface area (Å²) in [6.45, 7) is 3.25. The van der Waals surface area contributed by atoms with Crippen molar-refractivity contribution in [3.8, 4) is 0 Å². The summed E-state index contributed by atoms with van der Waals surface area (Å²) < 4.78 is 0. The molecule has 2 saturated carbocycles. The molecule has 0 radical (unpaired) electrons. The predicted molar refractivity (Wildman–Crippen MR) is 54.7 cm³/mol. The van der Waals surface area contributed by atoms with Gasteiger partial charge in [0.2, 0.25) is 5.91 Å². The van der Waals surface area contributed by atoms with E-state index >= 15 is 0 Å². The van der Waals surface area contributed by atoms with Gasteiger partial charge in [-0.3, -0.25) is 4.79 Å². The number of carbonyl (C=O) groups is 1. The molecule has 3 rings (SSSR count). The van der Waals surface area contributed by atoms with Crippen LogP contribution in [-0.4, -0.2) is 12.5 Å². The molecule has 4 atom stereocenters. The Balaban J connectivity index is 1.79. The lowest BCUT2D eigenvalue weighted by atomic mass is 9.69. The third-order valence-electron chi connectivity index (χ3n) is 4.89. The van der Waals surface area contributed by atoms with E-state index in [0.29, 0.717) is 0 Å². The van der Waals surface area contributed by atoms with Gasteiger partial charge in [-0.2, -0.15) is 0 Å². The van der Waals surface area contributed by atoms with Crippen molar-refractivity contribution in [3.05, 3.63) is 0 Å². The molecule has 3 aliphatic rings. The van der Waals surface area contributed by atoms with Crippen molar-refractivity contribution in [1.82, 2.24) is 5.32 Å². The van der Waals surface area contributed by atoms with E-state index in [1.807, 2.05) is 0 Å². The van der Waals surface area contributed by atoms with E-state index in [4.69, 9.17) is 0 Å². The van der Waals surface area contributed by atoms with E-state index in [1.54, 1.807) is 0 Å². The molecule has 14 heavy (non-hydrogen) atoms. The monoisotopic (exact) mass is 193 g/mol. The maximum Gasteiger partial charge on any atom is 0.220 e. The fourth-order valence-electron chi connectivity index (χ4n) is 4.15. The summed E-state index contributed by atoms with van der Waals surface area (Å²) in [4.78, 5) is 11.3. The van der Waals surface area contributed by atoms with Crippen molar-refractivity contribution in [2.45, 2.75) is 39.0 Å². The quantitative estimate of drug-likeness (QED) is 0.677. The lowest BCUT2D eigenvalue weighted by molar-refractivity contribution is -0.119. The number of fused-ring (bicyclic) bond motifs is 2. The highest BCUT2D eigenvalue weighted by Gasteiger charge is 2.50. The fraction of sp³-hybridized carbons (Fsp3) is 0.917. The maximum atomic E-state index is 11.3. The van der Waals surface area contributed by atoms with Crippen LogP contribution < -0.4 is 5.32 Å². The Labute approximate surface area is 85.4 Å². The topological polar surface area (TPSA) is 29.1 Å². The summed E-state index contributed by atoms with van der Waals surface area (Å²) in [5.74, 6) is 3.05. The second kappa shape index (κ2) is 2.74. The molecule has 3 fully saturated rings. The number of hydrogen-bond acceptors (Lipinski definition) is 1. The van der Waals surface area contributed by atoms with Gasteiger partial charge in [-0.25, -0.2) is 0 Å². The van der Waals surface area contributed by atoms with E-state index in [2.05, 4.69) is 12.2 Å². The number of rotatable bonds is 1. The van der Waals surface area contributed by atoms with Gasteiger partial charge < -0.3 is 5.32 Å². The summed E-state index contributed by atoms with van der Waals surface area (Å²) in [6.07, 6.45) is 6.52. The van der Waals surface area contributed by atoms with E-state index in [-0.39, 0.29) is 11.3 Å². The molecular formula is C12H19NO. The van der Waals surface area contributed by atoms with Gasteiger partial charge in [0.05, 0.1) is 0 Å². The van der Waals surface area contributed by atoms with E-state index in [9.17, 15) is 4.79 Å². The zero-order valence-electron chi connectivity index (χ0n) is 8.88. The van der Waals surface area contributed by atoms with Crippen LogP contribution in [0.5, 0.6) is 0 Å². The summed E-state index contributed by atoms with van der Waals surface area (Å²) in [6, 6.07) is 0. The molecule has 1 N–H and O–H groups in total. The van der Waals surface area contributed by atoms with Crippen molar-refractivity contribution >= 4 is 5.91 Å². The van der Waals surface area contributed by atoms with Gasteiger partial charge in [0.1, 0.15) is 0 Å². The minimum absolute atomic E-state index is 0.273. The Kier molecular flexibility index (Phi) is 1.71. The van der Waals surface area contributed by atoms with Crippen molar-refractivity contribution in [2.24, 2.45) is 23.2 Å². The predicted octanol–water partition coefficient (Wildman–Crippen LogP) is 1.95. The lowest BCUT2D eigenvalue weighted by Gasteiger charge is -2.35. The number of amides is 1. The molecule has 1 heterocycles. The summed E-state index contributed by atoms with van der Waals surface area (Å²) in [5, 5.41) is 3.01. The van der Waals surface area contributed by atoms with Crippen LogP contribution in [0.2, 0.25) is 0 Å². The average molecular weight is 193 g/mol. The molecule has 0 aromatic heterocycles. The molecule has 2 aliphatic carbocycles. The minimum atomic E-state index is 0.273. The zero-order chi connectivity index (χ0) is 9.76. The summed E-state index contributed by atoms with van der Waals surface area (Å²) >= 11 is 0. The van der Waals surface area contributed by atoms with Gasteiger partial charge in [-0.1, -0.05) is 13.3 Å². The highest BCUT2D eigenvalue weighted by molar-refractivity contribution is 5.79. The third kappa shape index (κ3) is 1.12. The largest absolute Gasteiger partial charge is 0.356 e. The average Bonchev–Trinajstić information content (AvgIpc) is 2.80. The van der Waals surface area contributed by atoms with Gasteiger partial charge in [-0.15, -0.1) is 0 Å². The smallest absolute Gasteiger partial charge is 0.220 e. The molecule has 1 saturated heterocycles. The van der Waals surface area contributed by atoms with Crippen molar-refractivity contribution < 1.29 is 4.79 Å². The van der Waals surface area contributed by atoms with E-state index in [1.165, 1.54) is 25.7 Å². The molecule has 0 aromatic rings. The maximum absolute atomic E-state index is 11.3. The number of nitrogens with one attached hydrogen (secondary N) is 1. The van der Waals surface area contributed by atoms with E-state index < -0.39 is 0 Å². The Morgan fingerprint density at radius 3 is 2.71 bits per heavy atom. The second-order valence-electron chi connectivity index (χ2n) is 5.89. The lowest BCUT2D eigenvalue weighted by Crippen LogP contribution is -2.33. The second-order valence-corrected chi connectivity index (χ2v) is 5.89. The third-order valence-corrected chi connectivity index (χ3v) is 4.89. The van der Waals surface area contributed by atoms with Crippen molar-refractivity contribution in [3.63, 3.8) is 0 Å². The Morgan fingerprint density at radius 2 is 2.21 bits per heavy atom. The normalized spacial score (nSPS) is 51.2. The van der Waals surface area contributed by atoms with Gasteiger partial charge in [0.25, 0.3) is 0 Å². The molecule has 1 aliphatic heterocycles. The zero-order valence-corrected chi connectivity index (χ0v) is 8.88. The molecule has 4 unspecified atom stereocenters. The molecule has 0 aromatic carbocycles. The minimum Gasteiger partial charge on any atom is -0.356 e. The Hall–Kier alpha value is -0.530. The summed E-state index contributed by atoms with van der Waals surface area (Å²) in [5.41, 5.74) is 0.289. The number of hydrogen-bond donors (Lipinski definition) is 1.